The summed E-state index contributed by atoms with van der Waals surface area (Å²) in [6, 6.07) is 23.9. The van der Waals surface area contributed by atoms with Crippen LogP contribution in [0.2, 0.25) is 0 Å². The minimum atomic E-state index is 0.0508. The Balaban J connectivity index is 1.39. The molecule has 3 aromatic carbocycles. The van der Waals surface area contributed by atoms with Crippen LogP contribution in [0.5, 0.6) is 11.5 Å². The van der Waals surface area contributed by atoms with Gasteiger partial charge >= 0.3 is 0 Å². The minimum absolute atomic E-state index is 0.0508. The number of hydrogen-bond acceptors (Lipinski definition) is 4. The molecule has 180 valence electrons. The quantitative estimate of drug-likeness (QED) is 0.365. The Kier molecular flexibility index (Phi) is 7.29. The van der Waals surface area contributed by atoms with Gasteiger partial charge in [0, 0.05) is 17.7 Å². The van der Waals surface area contributed by atoms with Crippen LogP contribution in [0.1, 0.15) is 52.7 Å². The number of allylic oxidation sites excluding steroid dienone is 2. The number of fused-ring (bicyclic) bond motifs is 1. The van der Waals surface area contributed by atoms with Crippen LogP contribution in [0.25, 0.3) is 11.1 Å². The second kappa shape index (κ2) is 10.9. The Labute approximate surface area is 208 Å². The monoisotopic (exact) mass is 467 g/mol. The summed E-state index contributed by atoms with van der Waals surface area (Å²) in [5, 5.41) is 0. The highest BCUT2D eigenvalue weighted by atomic mass is 16.5. The van der Waals surface area contributed by atoms with E-state index in [1.807, 2.05) is 54.6 Å². The van der Waals surface area contributed by atoms with Crippen molar-refractivity contribution < 1.29 is 14.3 Å². The van der Waals surface area contributed by atoms with E-state index in [4.69, 9.17) is 9.47 Å². The summed E-state index contributed by atoms with van der Waals surface area (Å²) in [6.07, 6.45) is 5.62. The first-order valence-corrected chi connectivity index (χ1v) is 12.7. The van der Waals surface area contributed by atoms with Gasteiger partial charge in [-0.2, -0.15) is 0 Å². The molecule has 0 saturated carbocycles. The normalized spacial score (nSPS) is 16.0. The van der Waals surface area contributed by atoms with E-state index in [1.165, 1.54) is 32.4 Å². The number of ketones is 1. The average molecular weight is 468 g/mol. The van der Waals surface area contributed by atoms with Gasteiger partial charge < -0.3 is 9.47 Å². The number of hydrogen-bond donors (Lipinski definition) is 0. The molecule has 1 fully saturated rings. The molecule has 4 heteroatoms. The molecule has 0 atom stereocenters. The molecule has 3 aromatic rings. The molecule has 0 radical (unpaired) electrons. The second-order valence-corrected chi connectivity index (χ2v) is 9.35. The number of benzene rings is 3. The number of methoxy groups -OCH3 is 1. The predicted molar refractivity (Wildman–Crippen MR) is 141 cm³/mol. The van der Waals surface area contributed by atoms with Crippen LogP contribution >= 0.6 is 0 Å². The number of aryl methyl sites for hydroxylation is 1. The highest BCUT2D eigenvalue weighted by molar-refractivity contribution is 6.35. The number of likely N-dealkylation sites (tertiary alicyclic amines) is 1. The zero-order chi connectivity index (χ0) is 24.0. The number of piperidine rings is 1. The number of ether oxygens (including phenoxy) is 2. The average Bonchev–Trinajstić information content (AvgIpc) is 2.93. The summed E-state index contributed by atoms with van der Waals surface area (Å²) in [6.45, 7) is 3.96. The summed E-state index contributed by atoms with van der Waals surface area (Å²) in [5.74, 6) is 1.68. The first-order chi connectivity index (χ1) is 17.2. The zero-order valence-electron chi connectivity index (χ0n) is 20.5. The number of carbonyl (C=O) groups is 1. The van der Waals surface area contributed by atoms with Gasteiger partial charge in [0.2, 0.25) is 0 Å². The van der Waals surface area contributed by atoms with E-state index in [9.17, 15) is 4.79 Å². The molecule has 5 rings (SSSR count). The fraction of sp³-hybridized carbons (Fsp3) is 0.323. The van der Waals surface area contributed by atoms with E-state index < -0.39 is 0 Å². The molecule has 0 aromatic heterocycles. The van der Waals surface area contributed by atoms with Crippen LogP contribution in [-0.4, -0.2) is 44.0 Å². The van der Waals surface area contributed by atoms with Gasteiger partial charge in [-0.3, -0.25) is 9.69 Å². The van der Waals surface area contributed by atoms with Crippen molar-refractivity contribution in [3.05, 3.63) is 95.1 Å². The highest BCUT2D eigenvalue weighted by Gasteiger charge is 2.26. The van der Waals surface area contributed by atoms with Gasteiger partial charge in [-0.25, -0.2) is 0 Å². The lowest BCUT2D eigenvalue weighted by Gasteiger charge is -2.26. The second-order valence-electron chi connectivity index (χ2n) is 9.35. The first kappa shape index (κ1) is 23.4. The number of carbonyl (C=O) groups excluding carboxylic acids is 1. The smallest absolute Gasteiger partial charge is 0.193 e. The van der Waals surface area contributed by atoms with Gasteiger partial charge in [0.05, 0.1) is 7.11 Å². The molecule has 2 aliphatic rings. The topological polar surface area (TPSA) is 38.8 Å². The van der Waals surface area contributed by atoms with Crippen LogP contribution in [0.4, 0.5) is 0 Å². The lowest BCUT2D eigenvalue weighted by atomic mass is 9.79. The Morgan fingerprint density at radius 2 is 1.60 bits per heavy atom. The zero-order valence-corrected chi connectivity index (χ0v) is 20.5. The van der Waals surface area contributed by atoms with Gasteiger partial charge in [-0.05, 0) is 97.4 Å². The van der Waals surface area contributed by atoms with Crippen LogP contribution in [0.15, 0.2) is 72.8 Å². The SMILES string of the molecule is COc1ccc2c(c1)CCC(c1ccccc1)=C2C(=O)c1ccc(OCCN2CCCCC2)cc1. The van der Waals surface area contributed by atoms with E-state index in [2.05, 4.69) is 23.1 Å². The molecule has 0 spiro atoms. The maximum Gasteiger partial charge on any atom is 0.193 e. The number of rotatable bonds is 8. The van der Waals surface area contributed by atoms with Crippen LogP contribution < -0.4 is 9.47 Å². The third kappa shape index (κ3) is 5.33. The third-order valence-electron chi connectivity index (χ3n) is 7.12. The first-order valence-electron chi connectivity index (χ1n) is 12.7. The molecule has 1 aliphatic carbocycles. The molecule has 35 heavy (non-hydrogen) atoms. The Hall–Kier alpha value is -3.37. The summed E-state index contributed by atoms with van der Waals surface area (Å²) in [7, 11) is 1.68. The number of nitrogens with zero attached hydrogens (tertiary/aromatic N) is 1. The minimum Gasteiger partial charge on any atom is -0.497 e. The molecule has 1 aliphatic heterocycles. The van der Waals surface area contributed by atoms with Crippen LogP contribution in [0, 0.1) is 0 Å². The molecule has 4 nitrogen and oxygen atoms in total. The summed E-state index contributed by atoms with van der Waals surface area (Å²) < 4.78 is 11.4. The van der Waals surface area contributed by atoms with E-state index in [0.717, 1.165) is 58.7 Å². The maximum atomic E-state index is 13.9. The Morgan fingerprint density at radius 1 is 0.857 bits per heavy atom. The molecule has 0 N–H and O–H groups in total. The fourth-order valence-corrected chi connectivity index (χ4v) is 5.20. The van der Waals surface area contributed by atoms with Crippen LogP contribution in [-0.2, 0) is 6.42 Å². The number of Topliss-reactive ketones (excluding diaryl/α,β-unsaturated/α-hetero) is 1. The van der Waals surface area contributed by atoms with Crippen molar-refractivity contribution in [3.63, 3.8) is 0 Å². The van der Waals surface area contributed by atoms with E-state index in [0.29, 0.717) is 12.2 Å². The molecule has 1 heterocycles. The van der Waals surface area contributed by atoms with Gasteiger partial charge in [-0.15, -0.1) is 0 Å². The highest BCUT2D eigenvalue weighted by Crippen LogP contribution is 2.40. The molecule has 0 amide bonds. The lowest BCUT2D eigenvalue weighted by molar-refractivity contribution is 0.105. The lowest BCUT2D eigenvalue weighted by Crippen LogP contribution is -2.33. The molecule has 0 unspecified atom stereocenters. The van der Waals surface area contributed by atoms with Crippen molar-refractivity contribution >= 4 is 16.9 Å². The van der Waals surface area contributed by atoms with E-state index >= 15 is 0 Å². The van der Waals surface area contributed by atoms with Crippen LogP contribution in [0.3, 0.4) is 0 Å². The van der Waals surface area contributed by atoms with E-state index in [-0.39, 0.29) is 5.78 Å². The molecular weight excluding hydrogens is 434 g/mol. The molecule has 1 saturated heterocycles. The standard InChI is InChI=1S/C31H33NO3/c1-34-27-15-17-29-25(22-27)12-16-28(23-8-4-2-5-9-23)30(29)31(33)24-10-13-26(14-11-24)35-21-20-32-18-6-3-7-19-32/h2,4-5,8-11,13-15,17,22H,3,6-7,12,16,18-21H2,1H3. The molecule has 0 bridgehead atoms. The van der Waals surface area contributed by atoms with Crippen molar-refractivity contribution in [1.82, 2.24) is 4.90 Å². The summed E-state index contributed by atoms with van der Waals surface area (Å²) in [4.78, 5) is 16.4. The molecular formula is C31H33NO3. The predicted octanol–water partition coefficient (Wildman–Crippen LogP) is 6.30. The van der Waals surface area contributed by atoms with E-state index in [1.54, 1.807) is 7.11 Å². The Morgan fingerprint density at radius 3 is 2.34 bits per heavy atom. The van der Waals surface area contributed by atoms with Crippen molar-refractivity contribution in [2.24, 2.45) is 0 Å². The largest absolute Gasteiger partial charge is 0.497 e. The maximum absolute atomic E-state index is 13.9. The van der Waals surface area contributed by atoms with Crippen molar-refractivity contribution in [2.75, 3.05) is 33.4 Å². The van der Waals surface area contributed by atoms with Crippen molar-refractivity contribution in [1.29, 1.82) is 0 Å². The summed E-state index contributed by atoms with van der Waals surface area (Å²) in [5.41, 5.74) is 5.84. The fourth-order valence-electron chi connectivity index (χ4n) is 5.20. The van der Waals surface area contributed by atoms with Crippen molar-refractivity contribution in [3.8, 4) is 11.5 Å². The third-order valence-corrected chi connectivity index (χ3v) is 7.12. The Bertz CT molecular complexity index is 1190. The van der Waals surface area contributed by atoms with Gasteiger partial charge in [0.25, 0.3) is 0 Å². The van der Waals surface area contributed by atoms with Gasteiger partial charge in [0.1, 0.15) is 18.1 Å². The van der Waals surface area contributed by atoms with Gasteiger partial charge in [-0.1, -0.05) is 42.8 Å². The summed E-state index contributed by atoms with van der Waals surface area (Å²) >= 11 is 0. The van der Waals surface area contributed by atoms with Crippen molar-refractivity contribution in [2.45, 2.75) is 32.1 Å². The van der Waals surface area contributed by atoms with Gasteiger partial charge in [0.15, 0.2) is 5.78 Å².